The van der Waals surface area contributed by atoms with Crippen molar-refractivity contribution in [2.45, 2.75) is 45.1 Å². The van der Waals surface area contributed by atoms with Crippen LogP contribution in [-0.2, 0) is 32.8 Å². The Labute approximate surface area is 224 Å². The van der Waals surface area contributed by atoms with Crippen LogP contribution in [0.25, 0.3) is 32.3 Å². The van der Waals surface area contributed by atoms with Gasteiger partial charge in [0.25, 0.3) is 11.8 Å². The second-order valence-electron chi connectivity index (χ2n) is 8.51. The van der Waals surface area contributed by atoms with E-state index < -0.39 is 17.8 Å². The van der Waals surface area contributed by atoms with E-state index in [1.54, 1.807) is 0 Å². The minimum Gasteiger partial charge on any atom is -1.00 e. The lowest BCUT2D eigenvalue weighted by molar-refractivity contribution is -0.695. The van der Waals surface area contributed by atoms with E-state index in [1.807, 2.05) is 7.05 Å². The molecule has 0 radical (unpaired) electrons. The van der Waals surface area contributed by atoms with Crippen LogP contribution in [0.4, 0.5) is 0 Å². The Morgan fingerprint density at radius 3 is 1.88 bits per heavy atom. The van der Waals surface area contributed by atoms with Gasteiger partial charge in [-0.1, -0.05) is 0 Å². The topological polar surface area (TPSA) is 71.4 Å². The maximum absolute atomic E-state index is 11.9. The number of aryl methyl sites for hydroxylation is 2. The smallest absolute Gasteiger partial charge is 0.333 e. The van der Waals surface area contributed by atoms with Crippen molar-refractivity contribution in [2.75, 3.05) is 0 Å². The third kappa shape index (κ3) is 5.14. The zero-order valence-electron chi connectivity index (χ0n) is 18.8. The van der Waals surface area contributed by atoms with Gasteiger partial charge in [-0.2, -0.15) is 0 Å². The van der Waals surface area contributed by atoms with E-state index in [4.69, 9.17) is 4.84 Å². The van der Waals surface area contributed by atoms with Crippen LogP contribution in [-0.4, -0.2) is 22.8 Å². The molecule has 1 fully saturated rings. The van der Waals surface area contributed by atoms with E-state index >= 15 is 0 Å². The number of hydrogen-bond donors (Lipinski definition) is 0. The van der Waals surface area contributed by atoms with E-state index in [-0.39, 0.29) is 60.2 Å². The third-order valence-corrected chi connectivity index (χ3v) is 6.08. The number of nitrogens with zero attached hydrogens (tertiary/aromatic N) is 3. The molecule has 1 aliphatic heterocycles. The zero-order chi connectivity index (χ0) is 22.2. The van der Waals surface area contributed by atoms with Crippen molar-refractivity contribution in [2.24, 2.45) is 7.05 Å². The number of hydrogen-bond acceptors (Lipinski definition) is 4. The van der Waals surface area contributed by atoms with Gasteiger partial charge in [0.15, 0.2) is 24.8 Å². The molecule has 2 aromatic heterocycles. The van der Waals surface area contributed by atoms with Crippen LogP contribution >= 0.6 is 0 Å². The molecule has 4 aromatic rings. The molecule has 0 spiro atoms. The van der Waals surface area contributed by atoms with E-state index in [0.717, 1.165) is 19.4 Å². The average Bonchev–Trinajstić information content (AvgIpc) is 3.08. The van der Waals surface area contributed by atoms with Crippen molar-refractivity contribution in [3.05, 3.63) is 49.1 Å². The van der Waals surface area contributed by atoms with Gasteiger partial charge in [0, 0.05) is 58.0 Å². The summed E-state index contributed by atoms with van der Waals surface area (Å²) < 4.78 is 4.31. The highest BCUT2D eigenvalue weighted by molar-refractivity contribution is 6.21. The Kier molecular flexibility index (Phi) is 8.40. The summed E-state index contributed by atoms with van der Waals surface area (Å²) >= 11 is 0. The van der Waals surface area contributed by atoms with Crippen molar-refractivity contribution < 1.29 is 69.3 Å². The number of carbonyl (C=O) groups is 3. The molecule has 0 N–H and O–H groups in total. The molecule has 1 aliphatic rings. The number of amides is 2. The van der Waals surface area contributed by atoms with E-state index in [2.05, 4.69) is 58.2 Å². The molecule has 34 heavy (non-hydrogen) atoms. The number of imide groups is 1. The lowest BCUT2D eigenvalue weighted by atomic mass is 9.97. The van der Waals surface area contributed by atoms with E-state index in [1.165, 1.54) is 32.3 Å². The van der Waals surface area contributed by atoms with Gasteiger partial charge in [-0.25, -0.2) is 13.9 Å². The fourth-order valence-electron chi connectivity index (χ4n) is 4.58. The van der Waals surface area contributed by atoms with Crippen LogP contribution in [0.2, 0.25) is 0 Å². The summed E-state index contributed by atoms with van der Waals surface area (Å²) in [4.78, 5) is 39.8. The van der Waals surface area contributed by atoms with Crippen LogP contribution in [0.3, 0.4) is 0 Å². The highest BCUT2D eigenvalue weighted by atomic mass is 127. The van der Waals surface area contributed by atoms with Crippen molar-refractivity contribution >= 4 is 50.1 Å². The maximum Gasteiger partial charge on any atom is 0.333 e. The standard InChI is InChI=1S/C25H25N3O4.BrH.HI/c1-26-13-17-6-8-19-15-27(16-20-9-7-18(14-26)24(17)25(19)20)12-4-2-3-5-23(31)32-28-21(29)10-11-22(28)30;;/h6-9,13-16H,2-5,10-12H2,1H3;2*1H/q+2;;/p-2. The van der Waals surface area contributed by atoms with Crippen molar-refractivity contribution in [1.82, 2.24) is 5.06 Å². The minimum absolute atomic E-state index is 0. The van der Waals surface area contributed by atoms with E-state index in [0.29, 0.717) is 11.5 Å². The maximum atomic E-state index is 11.9. The summed E-state index contributed by atoms with van der Waals surface area (Å²) in [6.45, 7) is 0.851. The molecule has 3 heterocycles. The summed E-state index contributed by atoms with van der Waals surface area (Å²) in [5, 5.41) is 8.14. The molecule has 0 bridgehead atoms. The van der Waals surface area contributed by atoms with Gasteiger partial charge in [0.1, 0.15) is 13.6 Å². The average molecular weight is 638 g/mol. The molecule has 0 atom stereocenters. The molecule has 0 unspecified atom stereocenters. The highest BCUT2D eigenvalue weighted by Crippen LogP contribution is 2.32. The fourth-order valence-corrected chi connectivity index (χ4v) is 4.58. The molecular weight excluding hydrogens is 613 g/mol. The van der Waals surface area contributed by atoms with Crippen molar-refractivity contribution in [1.29, 1.82) is 0 Å². The summed E-state index contributed by atoms with van der Waals surface area (Å²) in [6.07, 6.45) is 11.5. The summed E-state index contributed by atoms with van der Waals surface area (Å²) in [5.41, 5.74) is 0. The first-order valence-corrected chi connectivity index (χ1v) is 11.0. The molecule has 7 nitrogen and oxygen atoms in total. The highest BCUT2D eigenvalue weighted by Gasteiger charge is 2.32. The molecule has 2 amide bonds. The number of hydroxylamine groups is 2. The Morgan fingerprint density at radius 2 is 1.35 bits per heavy atom. The number of pyridine rings is 2. The van der Waals surface area contributed by atoms with Gasteiger partial charge < -0.3 is 45.8 Å². The van der Waals surface area contributed by atoms with E-state index in [9.17, 15) is 14.4 Å². The van der Waals surface area contributed by atoms with Gasteiger partial charge in [-0.15, -0.1) is 5.06 Å². The predicted octanol–water partition coefficient (Wildman–Crippen LogP) is -3.13. The lowest BCUT2D eigenvalue weighted by Gasteiger charge is -2.12. The van der Waals surface area contributed by atoms with Gasteiger partial charge in [0.2, 0.25) is 0 Å². The Morgan fingerprint density at radius 1 is 0.853 bits per heavy atom. The fraction of sp³-hybridized carbons (Fsp3) is 0.320. The van der Waals surface area contributed by atoms with Crippen LogP contribution < -0.4 is 50.1 Å². The molecule has 9 heteroatoms. The molecule has 0 saturated carbocycles. The first-order valence-electron chi connectivity index (χ1n) is 11.0. The largest absolute Gasteiger partial charge is 1.00 e. The summed E-state index contributed by atoms with van der Waals surface area (Å²) in [6, 6.07) is 8.71. The predicted molar refractivity (Wildman–Crippen MR) is 117 cm³/mol. The number of rotatable bonds is 7. The molecule has 0 aliphatic carbocycles. The van der Waals surface area contributed by atoms with Crippen LogP contribution in [0.1, 0.15) is 38.5 Å². The monoisotopic (exact) mass is 637 g/mol. The second-order valence-corrected chi connectivity index (χ2v) is 8.51. The van der Waals surface area contributed by atoms with Gasteiger partial charge >= 0.3 is 5.97 Å². The number of aromatic nitrogens is 2. The Hall–Kier alpha value is -2.40. The zero-order valence-corrected chi connectivity index (χ0v) is 22.5. The van der Waals surface area contributed by atoms with Crippen LogP contribution in [0.15, 0.2) is 49.1 Å². The Balaban J connectivity index is 0.00000162. The summed E-state index contributed by atoms with van der Waals surface area (Å²) in [5.74, 6) is -1.41. The molecule has 1 saturated heterocycles. The minimum atomic E-state index is -0.530. The summed E-state index contributed by atoms with van der Waals surface area (Å²) in [7, 11) is 2.05. The molecule has 5 rings (SSSR count). The number of unbranched alkanes of at least 4 members (excludes halogenated alkanes) is 2. The number of halogens is 2. The number of carbonyl (C=O) groups excluding carboxylic acids is 3. The second kappa shape index (κ2) is 10.9. The van der Waals surface area contributed by atoms with Crippen LogP contribution in [0, 0.1) is 0 Å². The first kappa shape index (κ1) is 26.2. The lowest BCUT2D eigenvalue weighted by Crippen LogP contribution is -3.00. The normalized spacial score (nSPS) is 13.5. The van der Waals surface area contributed by atoms with Crippen molar-refractivity contribution in [3.8, 4) is 0 Å². The van der Waals surface area contributed by atoms with Gasteiger partial charge in [-0.05, 0) is 37.1 Å². The Bertz CT molecular complexity index is 1290. The molecule has 178 valence electrons. The number of benzene rings is 2. The van der Waals surface area contributed by atoms with Crippen LogP contribution in [0.5, 0.6) is 0 Å². The first-order chi connectivity index (χ1) is 15.5. The SMILES string of the molecule is C[n+]1cc2ccc3c[n+](CCCCCC(=O)ON4C(=O)CCC4=O)cc4ccc(c1)c2c34.[Br-].[I-]. The van der Waals surface area contributed by atoms with Gasteiger partial charge in [-0.3, -0.25) is 9.59 Å². The van der Waals surface area contributed by atoms with Crippen molar-refractivity contribution in [3.63, 3.8) is 0 Å². The molecular formula is C25H25BrIN3O4. The molecule has 2 aromatic carbocycles. The quantitative estimate of drug-likeness (QED) is 0.0707. The third-order valence-electron chi connectivity index (χ3n) is 6.08. The van der Waals surface area contributed by atoms with Gasteiger partial charge in [0.05, 0.1) is 0 Å².